The van der Waals surface area contributed by atoms with Gasteiger partial charge in [0.1, 0.15) is 5.01 Å². The quantitative estimate of drug-likeness (QED) is 0.928. The van der Waals surface area contributed by atoms with Gasteiger partial charge in [0.25, 0.3) is 0 Å². The molecule has 1 amide bonds. The lowest BCUT2D eigenvalue weighted by Crippen LogP contribution is -2.30. The summed E-state index contributed by atoms with van der Waals surface area (Å²) >= 11 is 1.54. The molecule has 0 saturated carbocycles. The average Bonchev–Trinajstić information content (AvgIpc) is 2.74. The molecule has 118 valence electrons. The summed E-state index contributed by atoms with van der Waals surface area (Å²) in [6.45, 7) is 11.1. The second kappa shape index (κ2) is 6.73. The van der Waals surface area contributed by atoms with Gasteiger partial charge in [0, 0.05) is 19.5 Å². The predicted octanol–water partition coefficient (Wildman–Crippen LogP) is 3.14. The molecule has 0 bridgehead atoms. The fourth-order valence-electron chi connectivity index (χ4n) is 2.77. The van der Waals surface area contributed by atoms with Gasteiger partial charge in [-0.1, -0.05) is 32.1 Å². The van der Waals surface area contributed by atoms with Gasteiger partial charge < -0.3 is 10.2 Å². The highest BCUT2D eigenvalue weighted by Gasteiger charge is 2.30. The highest BCUT2D eigenvalue weighted by atomic mass is 32.1. The number of hydrogen-bond donors (Lipinski definition) is 1. The van der Waals surface area contributed by atoms with E-state index in [2.05, 4.69) is 36.3 Å². The van der Waals surface area contributed by atoms with Gasteiger partial charge in [-0.25, -0.2) is 0 Å². The van der Waals surface area contributed by atoms with E-state index in [1.807, 2.05) is 11.8 Å². The molecule has 0 aromatic carbocycles. The predicted molar refractivity (Wildman–Crippen MR) is 86.3 cm³/mol. The van der Waals surface area contributed by atoms with Crippen molar-refractivity contribution in [1.29, 1.82) is 0 Å². The number of carbonyl (C=O) groups excluding carboxylic acids is 1. The van der Waals surface area contributed by atoms with Crippen LogP contribution in [0.2, 0.25) is 0 Å². The molecule has 6 heteroatoms. The van der Waals surface area contributed by atoms with E-state index in [0.29, 0.717) is 18.9 Å². The van der Waals surface area contributed by atoms with Crippen LogP contribution in [0.15, 0.2) is 0 Å². The summed E-state index contributed by atoms with van der Waals surface area (Å²) in [4.78, 5) is 14.2. The van der Waals surface area contributed by atoms with E-state index in [1.54, 1.807) is 0 Å². The first-order valence-corrected chi connectivity index (χ1v) is 8.56. The molecular weight excluding hydrogens is 284 g/mol. The van der Waals surface area contributed by atoms with Crippen LogP contribution >= 0.6 is 11.3 Å². The molecule has 1 fully saturated rings. The molecule has 2 heterocycles. The molecule has 1 unspecified atom stereocenters. The zero-order chi connectivity index (χ0) is 15.5. The number of amides is 1. The van der Waals surface area contributed by atoms with E-state index in [-0.39, 0.29) is 11.3 Å². The van der Waals surface area contributed by atoms with Crippen molar-refractivity contribution in [1.82, 2.24) is 15.1 Å². The number of rotatable bonds is 4. The van der Waals surface area contributed by atoms with Gasteiger partial charge in [-0.05, 0) is 31.1 Å². The largest absolute Gasteiger partial charge is 0.360 e. The van der Waals surface area contributed by atoms with Crippen LogP contribution in [0.1, 0.15) is 52.0 Å². The third kappa shape index (κ3) is 4.40. The molecule has 1 saturated heterocycles. The normalized spacial score (nSPS) is 20.5. The standard InChI is InChI=1S/C15H26N4OS/c1-5-16-14-18-17-12(21-14)10-19-9-8-11(15(2,3)4)6-7-13(19)20/h11H,5-10H2,1-4H3,(H,16,18). The number of nitrogens with zero attached hydrogens (tertiary/aromatic N) is 3. The molecule has 2 rings (SSSR count). The zero-order valence-electron chi connectivity index (χ0n) is 13.5. The smallest absolute Gasteiger partial charge is 0.222 e. The van der Waals surface area contributed by atoms with Crippen LogP contribution in [0.4, 0.5) is 5.13 Å². The summed E-state index contributed by atoms with van der Waals surface area (Å²) in [5, 5.41) is 13.2. The summed E-state index contributed by atoms with van der Waals surface area (Å²) in [6, 6.07) is 0. The van der Waals surface area contributed by atoms with Gasteiger partial charge in [0.05, 0.1) is 6.54 Å². The molecule has 1 N–H and O–H groups in total. The molecule has 0 radical (unpaired) electrons. The summed E-state index contributed by atoms with van der Waals surface area (Å²) in [7, 11) is 0. The lowest BCUT2D eigenvalue weighted by Gasteiger charge is -2.29. The Balaban J connectivity index is 1.97. The Hall–Kier alpha value is -1.17. The average molecular weight is 310 g/mol. The van der Waals surface area contributed by atoms with Crippen molar-refractivity contribution in [2.45, 2.75) is 53.5 Å². The molecule has 0 spiro atoms. The monoisotopic (exact) mass is 310 g/mol. The number of hydrogen-bond acceptors (Lipinski definition) is 5. The van der Waals surface area contributed by atoms with Crippen LogP contribution in [0, 0.1) is 11.3 Å². The van der Waals surface area contributed by atoms with Gasteiger partial charge in [-0.3, -0.25) is 4.79 Å². The lowest BCUT2D eigenvalue weighted by molar-refractivity contribution is -0.131. The van der Waals surface area contributed by atoms with E-state index >= 15 is 0 Å². The molecular formula is C15H26N4OS. The van der Waals surface area contributed by atoms with Crippen molar-refractivity contribution in [2.75, 3.05) is 18.4 Å². The van der Waals surface area contributed by atoms with Crippen molar-refractivity contribution in [2.24, 2.45) is 11.3 Å². The van der Waals surface area contributed by atoms with Crippen molar-refractivity contribution >= 4 is 22.4 Å². The summed E-state index contributed by atoms with van der Waals surface area (Å²) < 4.78 is 0. The van der Waals surface area contributed by atoms with Crippen molar-refractivity contribution in [3.8, 4) is 0 Å². The maximum absolute atomic E-state index is 12.3. The van der Waals surface area contributed by atoms with Gasteiger partial charge in [0.15, 0.2) is 0 Å². The SMILES string of the molecule is CCNc1nnc(CN2CCC(C(C)(C)C)CCC2=O)s1. The highest BCUT2D eigenvalue weighted by molar-refractivity contribution is 7.15. The van der Waals surface area contributed by atoms with Crippen molar-refractivity contribution in [3.63, 3.8) is 0 Å². The number of aromatic nitrogens is 2. The maximum Gasteiger partial charge on any atom is 0.222 e. The third-order valence-corrected chi connectivity index (χ3v) is 5.02. The Morgan fingerprint density at radius 2 is 2.10 bits per heavy atom. The minimum Gasteiger partial charge on any atom is -0.360 e. The van der Waals surface area contributed by atoms with Crippen LogP contribution in [0.5, 0.6) is 0 Å². The Morgan fingerprint density at radius 1 is 1.33 bits per heavy atom. The Bertz CT molecular complexity index is 480. The Labute approximate surface area is 131 Å². The molecule has 0 aliphatic carbocycles. The fraction of sp³-hybridized carbons (Fsp3) is 0.800. The molecule has 1 aromatic rings. The number of anilines is 1. The van der Waals surface area contributed by atoms with E-state index in [0.717, 1.165) is 36.1 Å². The minimum absolute atomic E-state index is 0.252. The van der Waals surface area contributed by atoms with Gasteiger partial charge in [0.2, 0.25) is 11.0 Å². The lowest BCUT2D eigenvalue weighted by atomic mass is 9.77. The van der Waals surface area contributed by atoms with E-state index < -0.39 is 0 Å². The molecule has 1 aliphatic heterocycles. The van der Waals surface area contributed by atoms with Crippen LogP contribution in [0.3, 0.4) is 0 Å². The molecule has 1 atom stereocenters. The van der Waals surface area contributed by atoms with Crippen LogP contribution < -0.4 is 5.32 Å². The molecule has 5 nitrogen and oxygen atoms in total. The first-order chi connectivity index (χ1) is 9.90. The minimum atomic E-state index is 0.252. The van der Waals surface area contributed by atoms with Crippen molar-refractivity contribution < 1.29 is 4.79 Å². The van der Waals surface area contributed by atoms with E-state index in [9.17, 15) is 4.79 Å². The van der Waals surface area contributed by atoms with Crippen LogP contribution in [-0.4, -0.2) is 34.1 Å². The van der Waals surface area contributed by atoms with E-state index in [4.69, 9.17) is 0 Å². The van der Waals surface area contributed by atoms with Gasteiger partial charge in [-0.15, -0.1) is 10.2 Å². The second-order valence-electron chi connectivity index (χ2n) is 6.74. The summed E-state index contributed by atoms with van der Waals surface area (Å²) in [6.07, 6.45) is 2.73. The number of carbonyl (C=O) groups is 1. The van der Waals surface area contributed by atoms with E-state index in [1.165, 1.54) is 11.3 Å². The Kier molecular flexibility index (Phi) is 5.19. The topological polar surface area (TPSA) is 58.1 Å². The second-order valence-corrected chi connectivity index (χ2v) is 7.80. The van der Waals surface area contributed by atoms with Crippen LogP contribution in [0.25, 0.3) is 0 Å². The fourth-order valence-corrected chi connectivity index (χ4v) is 3.60. The van der Waals surface area contributed by atoms with Crippen LogP contribution in [-0.2, 0) is 11.3 Å². The molecule has 1 aliphatic rings. The summed E-state index contributed by atoms with van der Waals surface area (Å²) in [5.74, 6) is 0.861. The summed E-state index contributed by atoms with van der Waals surface area (Å²) in [5.41, 5.74) is 0.275. The van der Waals surface area contributed by atoms with Gasteiger partial charge >= 0.3 is 0 Å². The third-order valence-electron chi connectivity index (χ3n) is 4.15. The number of likely N-dealkylation sites (tertiary alicyclic amines) is 1. The van der Waals surface area contributed by atoms with Crippen molar-refractivity contribution in [3.05, 3.63) is 5.01 Å². The first-order valence-electron chi connectivity index (χ1n) is 7.74. The Morgan fingerprint density at radius 3 is 2.76 bits per heavy atom. The first kappa shape index (κ1) is 16.2. The highest BCUT2D eigenvalue weighted by Crippen LogP contribution is 2.34. The zero-order valence-corrected chi connectivity index (χ0v) is 14.3. The molecule has 21 heavy (non-hydrogen) atoms. The molecule has 1 aromatic heterocycles. The van der Waals surface area contributed by atoms with Gasteiger partial charge in [-0.2, -0.15) is 0 Å². The maximum atomic E-state index is 12.3. The number of nitrogens with one attached hydrogen (secondary N) is 1.